The molecule has 1 aromatic heterocycles. The van der Waals surface area contributed by atoms with E-state index in [1.165, 1.54) is 25.8 Å². The van der Waals surface area contributed by atoms with Crippen molar-refractivity contribution in [1.82, 2.24) is 14.9 Å². The second-order valence-corrected chi connectivity index (χ2v) is 9.03. The second-order valence-electron chi connectivity index (χ2n) is 9.03. The van der Waals surface area contributed by atoms with Gasteiger partial charge in [-0.25, -0.2) is 4.98 Å². The van der Waals surface area contributed by atoms with E-state index >= 15 is 0 Å². The van der Waals surface area contributed by atoms with Crippen LogP contribution in [-0.4, -0.2) is 75.0 Å². The summed E-state index contributed by atoms with van der Waals surface area (Å²) in [5, 5.41) is 0.553. The molecule has 4 rings (SSSR count). The molecule has 176 valence electrons. The first-order chi connectivity index (χ1) is 15.5. The van der Waals surface area contributed by atoms with Crippen LogP contribution in [-0.2, 0) is 4.74 Å². The van der Waals surface area contributed by atoms with E-state index in [0.717, 1.165) is 44.6 Å². The fourth-order valence-corrected chi connectivity index (χ4v) is 5.34. The Bertz CT molecular complexity index is 984. The van der Waals surface area contributed by atoms with Gasteiger partial charge in [0.05, 0.1) is 31.7 Å². The molecule has 0 radical (unpaired) electrons. The summed E-state index contributed by atoms with van der Waals surface area (Å²) in [4.78, 5) is 25.5. The first kappa shape index (κ1) is 22.9. The fourth-order valence-electron chi connectivity index (χ4n) is 5.34. The van der Waals surface area contributed by atoms with Gasteiger partial charge in [-0.3, -0.25) is 14.7 Å². The standard InChI is InChI=1S/C24H36N4O4/c1-16-21-19(14-20(31-3)22(16)32-4)25-24(26-23(21)29)28-12-8-17(9-13-28)7-11-27-10-5-6-18(27)15-30-2/h14,17-18H,5-13,15H2,1-4H3,(H,25,26,29)/t18-/m0/s1. The van der Waals surface area contributed by atoms with Gasteiger partial charge >= 0.3 is 0 Å². The number of piperidine rings is 1. The summed E-state index contributed by atoms with van der Waals surface area (Å²) >= 11 is 0. The first-order valence-corrected chi connectivity index (χ1v) is 11.7. The number of benzene rings is 1. The number of aromatic amines is 1. The summed E-state index contributed by atoms with van der Waals surface area (Å²) < 4.78 is 16.3. The monoisotopic (exact) mass is 444 g/mol. The van der Waals surface area contributed by atoms with Gasteiger partial charge < -0.3 is 19.1 Å². The topological polar surface area (TPSA) is 79.9 Å². The Kier molecular flexibility index (Phi) is 7.20. The molecule has 0 bridgehead atoms. The van der Waals surface area contributed by atoms with E-state index in [-0.39, 0.29) is 5.56 Å². The molecule has 1 aromatic carbocycles. The van der Waals surface area contributed by atoms with Crippen LogP contribution >= 0.6 is 0 Å². The van der Waals surface area contributed by atoms with Crippen molar-refractivity contribution in [1.29, 1.82) is 0 Å². The van der Waals surface area contributed by atoms with Crippen LogP contribution in [0.1, 0.15) is 37.7 Å². The van der Waals surface area contributed by atoms with Crippen molar-refractivity contribution in [3.8, 4) is 11.5 Å². The zero-order chi connectivity index (χ0) is 22.7. The van der Waals surface area contributed by atoms with E-state index in [1.807, 2.05) is 6.92 Å². The van der Waals surface area contributed by atoms with Gasteiger partial charge in [-0.2, -0.15) is 0 Å². The predicted molar refractivity (Wildman–Crippen MR) is 126 cm³/mol. The first-order valence-electron chi connectivity index (χ1n) is 11.7. The summed E-state index contributed by atoms with van der Waals surface area (Å²) in [5.74, 6) is 2.53. The number of anilines is 1. The second kappa shape index (κ2) is 10.1. The third-order valence-electron chi connectivity index (χ3n) is 7.16. The average Bonchev–Trinajstić information content (AvgIpc) is 3.24. The Morgan fingerprint density at radius 1 is 1.12 bits per heavy atom. The molecule has 2 saturated heterocycles. The number of H-pyrrole nitrogens is 1. The lowest BCUT2D eigenvalue weighted by molar-refractivity contribution is 0.110. The Morgan fingerprint density at radius 2 is 1.91 bits per heavy atom. The van der Waals surface area contributed by atoms with Crippen molar-refractivity contribution < 1.29 is 14.2 Å². The van der Waals surface area contributed by atoms with Crippen LogP contribution < -0.4 is 19.9 Å². The van der Waals surface area contributed by atoms with Crippen molar-refractivity contribution in [2.45, 2.75) is 45.1 Å². The molecule has 0 saturated carbocycles. The van der Waals surface area contributed by atoms with E-state index in [1.54, 1.807) is 27.4 Å². The maximum Gasteiger partial charge on any atom is 0.260 e. The Labute approximate surface area is 189 Å². The van der Waals surface area contributed by atoms with E-state index in [4.69, 9.17) is 19.2 Å². The smallest absolute Gasteiger partial charge is 0.260 e. The van der Waals surface area contributed by atoms with Crippen molar-refractivity contribution in [3.63, 3.8) is 0 Å². The van der Waals surface area contributed by atoms with Gasteiger partial charge in [0.25, 0.3) is 5.56 Å². The molecule has 0 amide bonds. The Morgan fingerprint density at radius 3 is 2.59 bits per heavy atom. The SMILES string of the molecule is COC[C@@H]1CCCN1CCC1CCN(c2nc3cc(OC)c(OC)c(C)c3c(=O)[nH]2)CC1. The molecule has 0 unspecified atom stereocenters. The number of methoxy groups -OCH3 is 3. The number of hydrogen-bond donors (Lipinski definition) is 1. The number of aromatic nitrogens is 2. The predicted octanol–water partition coefficient (Wildman–Crippen LogP) is 2.97. The normalized spacial score (nSPS) is 20.2. The lowest BCUT2D eigenvalue weighted by Gasteiger charge is -2.33. The van der Waals surface area contributed by atoms with Crippen molar-refractivity contribution in [2.24, 2.45) is 5.92 Å². The minimum absolute atomic E-state index is 0.135. The Hall–Kier alpha value is -2.32. The van der Waals surface area contributed by atoms with Gasteiger partial charge in [0.2, 0.25) is 5.95 Å². The van der Waals surface area contributed by atoms with Crippen molar-refractivity contribution in [2.75, 3.05) is 59.0 Å². The summed E-state index contributed by atoms with van der Waals surface area (Å²) in [6, 6.07) is 2.38. The lowest BCUT2D eigenvalue weighted by Crippen LogP contribution is -2.38. The molecule has 2 aromatic rings. The van der Waals surface area contributed by atoms with Gasteiger partial charge in [0.1, 0.15) is 0 Å². The fraction of sp³-hybridized carbons (Fsp3) is 0.667. The van der Waals surface area contributed by atoms with Crippen LogP contribution in [0.2, 0.25) is 0 Å². The zero-order valence-electron chi connectivity index (χ0n) is 19.8. The summed E-state index contributed by atoms with van der Waals surface area (Å²) in [6.07, 6.45) is 6.00. The molecule has 8 heteroatoms. The molecule has 0 aliphatic carbocycles. The average molecular weight is 445 g/mol. The third-order valence-corrected chi connectivity index (χ3v) is 7.16. The quantitative estimate of drug-likeness (QED) is 0.670. The zero-order valence-corrected chi connectivity index (χ0v) is 19.8. The molecular weight excluding hydrogens is 408 g/mol. The minimum Gasteiger partial charge on any atom is -0.493 e. The van der Waals surface area contributed by atoms with E-state index in [2.05, 4.69) is 14.8 Å². The number of fused-ring (bicyclic) bond motifs is 1. The van der Waals surface area contributed by atoms with Crippen LogP contribution in [0.3, 0.4) is 0 Å². The van der Waals surface area contributed by atoms with Gasteiger partial charge in [-0.05, 0) is 58.0 Å². The van der Waals surface area contributed by atoms with E-state index in [9.17, 15) is 4.79 Å². The summed E-state index contributed by atoms with van der Waals surface area (Å²) in [5.41, 5.74) is 1.25. The van der Waals surface area contributed by atoms with Gasteiger partial charge in [0, 0.05) is 37.9 Å². The number of nitrogens with one attached hydrogen (secondary N) is 1. The van der Waals surface area contributed by atoms with Gasteiger partial charge in [-0.1, -0.05) is 0 Å². The molecule has 0 spiro atoms. The van der Waals surface area contributed by atoms with Crippen LogP contribution in [0.5, 0.6) is 11.5 Å². The highest BCUT2D eigenvalue weighted by molar-refractivity contribution is 5.86. The molecule has 1 atom stereocenters. The van der Waals surface area contributed by atoms with Crippen molar-refractivity contribution >= 4 is 16.9 Å². The minimum atomic E-state index is -0.135. The van der Waals surface area contributed by atoms with Crippen LogP contribution in [0, 0.1) is 12.8 Å². The number of rotatable bonds is 8. The highest BCUT2D eigenvalue weighted by atomic mass is 16.5. The number of aryl methyl sites for hydroxylation is 1. The maximum absolute atomic E-state index is 12.9. The van der Waals surface area contributed by atoms with Gasteiger partial charge in [0.15, 0.2) is 11.5 Å². The number of nitrogens with zero attached hydrogens (tertiary/aromatic N) is 3. The maximum atomic E-state index is 12.9. The molecule has 8 nitrogen and oxygen atoms in total. The molecule has 1 N–H and O–H groups in total. The molecule has 2 aliphatic rings. The van der Waals surface area contributed by atoms with Crippen LogP contribution in [0.15, 0.2) is 10.9 Å². The number of likely N-dealkylation sites (tertiary alicyclic amines) is 1. The van der Waals surface area contributed by atoms with Crippen LogP contribution in [0.25, 0.3) is 10.9 Å². The van der Waals surface area contributed by atoms with Gasteiger partial charge in [-0.15, -0.1) is 0 Å². The molecule has 3 heterocycles. The Balaban J connectivity index is 1.42. The number of hydrogen-bond acceptors (Lipinski definition) is 7. The highest BCUT2D eigenvalue weighted by Gasteiger charge is 2.27. The van der Waals surface area contributed by atoms with Crippen LogP contribution in [0.4, 0.5) is 5.95 Å². The highest BCUT2D eigenvalue weighted by Crippen LogP contribution is 2.35. The molecule has 2 aliphatic heterocycles. The van der Waals surface area contributed by atoms with E-state index in [0.29, 0.717) is 40.3 Å². The molecule has 2 fully saturated rings. The number of ether oxygens (including phenoxy) is 3. The third kappa shape index (κ3) is 4.57. The molecule has 32 heavy (non-hydrogen) atoms. The summed E-state index contributed by atoms with van der Waals surface area (Å²) in [7, 11) is 4.98. The largest absolute Gasteiger partial charge is 0.493 e. The molecular formula is C24H36N4O4. The van der Waals surface area contributed by atoms with Crippen molar-refractivity contribution in [3.05, 3.63) is 22.0 Å². The summed E-state index contributed by atoms with van der Waals surface area (Å²) in [6.45, 7) is 6.88. The lowest BCUT2D eigenvalue weighted by atomic mass is 9.93. The van der Waals surface area contributed by atoms with E-state index < -0.39 is 0 Å².